The van der Waals surface area contributed by atoms with E-state index < -0.39 is 12.5 Å². The van der Waals surface area contributed by atoms with Crippen LogP contribution in [0.4, 0.5) is 13.2 Å². The fraction of sp³-hybridized carbons (Fsp3) is 0.615. The van der Waals surface area contributed by atoms with E-state index in [0.717, 1.165) is 87.6 Å². The predicted octanol–water partition coefficient (Wildman–Crippen LogP) is 5.02. The fourth-order valence-corrected chi connectivity index (χ4v) is 5.83. The van der Waals surface area contributed by atoms with Crippen molar-refractivity contribution >= 4 is 17.2 Å². The molecule has 0 bridgehead atoms. The molecule has 4 rings (SSSR count). The van der Waals surface area contributed by atoms with Crippen LogP contribution in [0.5, 0.6) is 5.19 Å². The first-order valence-corrected chi connectivity index (χ1v) is 13.3. The molecule has 1 aliphatic heterocycles. The van der Waals surface area contributed by atoms with E-state index in [1.807, 2.05) is 0 Å². The number of halogens is 3. The van der Waals surface area contributed by atoms with Gasteiger partial charge < -0.3 is 15.0 Å². The second-order valence-corrected chi connectivity index (χ2v) is 11.0. The molecule has 2 aromatic rings. The fourth-order valence-electron chi connectivity index (χ4n) is 4.89. The highest BCUT2D eigenvalue weighted by atomic mass is 32.1. The number of hydrogen-bond donors (Lipinski definition) is 1. The van der Waals surface area contributed by atoms with Gasteiger partial charge in [-0.3, -0.25) is 4.79 Å². The number of nitrogens with zero attached hydrogens (tertiary/aromatic N) is 2. The van der Waals surface area contributed by atoms with Crippen LogP contribution in [0.3, 0.4) is 0 Å². The number of benzene rings is 1. The van der Waals surface area contributed by atoms with Gasteiger partial charge in [0.2, 0.25) is 5.91 Å². The topological polar surface area (TPSA) is 54.5 Å². The minimum absolute atomic E-state index is 0.00247. The van der Waals surface area contributed by atoms with Crippen molar-refractivity contribution in [2.24, 2.45) is 5.92 Å². The monoisotopic (exact) mass is 509 g/mol. The van der Waals surface area contributed by atoms with Gasteiger partial charge in [0.25, 0.3) is 11.1 Å². The largest absolute Gasteiger partial charge is 0.464 e. The standard InChI is InChI=1S/C26H34F3N3O2S/c1-26(28,29)17-34-25-31-22-11-14-32(15-12-23(22)35-25)13-10-18-4-8-21(9-5-18)30-24(33)16-19-2-6-20(27)7-3-19/h2-3,6-7,18,21H,4-5,8-17H2,1H3,(H,30,33)/t18-,21-. The Balaban J connectivity index is 1.13. The van der Waals surface area contributed by atoms with Crippen LogP contribution in [0.15, 0.2) is 24.3 Å². The van der Waals surface area contributed by atoms with Crippen LogP contribution in [-0.2, 0) is 24.1 Å². The summed E-state index contributed by atoms with van der Waals surface area (Å²) in [6.45, 7) is 3.14. The number of alkyl halides is 2. The number of amides is 1. The van der Waals surface area contributed by atoms with E-state index in [2.05, 4.69) is 15.2 Å². The lowest BCUT2D eigenvalue weighted by Crippen LogP contribution is -2.39. The van der Waals surface area contributed by atoms with E-state index >= 15 is 0 Å². The zero-order chi connectivity index (χ0) is 24.8. The molecule has 2 heterocycles. The van der Waals surface area contributed by atoms with Crippen LogP contribution in [0.25, 0.3) is 0 Å². The summed E-state index contributed by atoms with van der Waals surface area (Å²) >= 11 is 1.40. The molecule has 1 aromatic heterocycles. The number of carbonyl (C=O) groups excluding carboxylic acids is 1. The zero-order valence-corrected chi connectivity index (χ0v) is 21.0. The SMILES string of the molecule is CC(F)(F)COc1nc2c(s1)CCN(CC[C@H]1CC[C@H](NC(=O)Cc3ccc(F)cc3)CC1)CC2. The summed E-state index contributed by atoms with van der Waals surface area (Å²) in [5, 5.41) is 3.50. The van der Waals surface area contributed by atoms with Crippen LogP contribution in [0.2, 0.25) is 0 Å². The van der Waals surface area contributed by atoms with Crippen molar-refractivity contribution in [3.63, 3.8) is 0 Å². The van der Waals surface area contributed by atoms with Gasteiger partial charge >= 0.3 is 0 Å². The lowest BCUT2D eigenvalue weighted by Gasteiger charge is -2.30. The smallest absolute Gasteiger partial charge is 0.278 e. The number of thiazole rings is 1. The highest BCUT2D eigenvalue weighted by molar-refractivity contribution is 7.13. The van der Waals surface area contributed by atoms with Gasteiger partial charge in [-0.1, -0.05) is 23.5 Å². The Hall–Kier alpha value is -2.13. The van der Waals surface area contributed by atoms with E-state index in [4.69, 9.17) is 4.74 Å². The first-order chi connectivity index (χ1) is 16.7. The molecule has 0 radical (unpaired) electrons. The Labute approximate surface area is 209 Å². The van der Waals surface area contributed by atoms with E-state index in [1.54, 1.807) is 12.1 Å². The first-order valence-electron chi connectivity index (χ1n) is 12.5. The molecule has 192 valence electrons. The van der Waals surface area contributed by atoms with Crippen molar-refractivity contribution in [2.45, 2.75) is 70.3 Å². The second kappa shape index (κ2) is 11.7. The third kappa shape index (κ3) is 8.20. The summed E-state index contributed by atoms with van der Waals surface area (Å²) < 4.78 is 44.3. The Morgan fingerprint density at radius 2 is 1.89 bits per heavy atom. The molecule has 35 heavy (non-hydrogen) atoms. The maximum absolute atomic E-state index is 13.0. The number of rotatable bonds is 9. The molecule has 2 aliphatic rings. The van der Waals surface area contributed by atoms with Gasteiger partial charge in [-0.15, -0.1) is 0 Å². The minimum atomic E-state index is -2.85. The molecular weight excluding hydrogens is 475 g/mol. The number of nitrogens with one attached hydrogen (secondary N) is 1. The maximum Gasteiger partial charge on any atom is 0.278 e. The number of aromatic nitrogens is 1. The van der Waals surface area contributed by atoms with Crippen molar-refractivity contribution in [2.75, 3.05) is 26.2 Å². The summed E-state index contributed by atoms with van der Waals surface area (Å²) in [5.74, 6) is -2.47. The molecular formula is C26H34F3N3O2S. The number of carbonyl (C=O) groups is 1. The van der Waals surface area contributed by atoms with Gasteiger partial charge in [0.05, 0.1) is 12.1 Å². The van der Waals surface area contributed by atoms with Gasteiger partial charge in [-0.2, -0.15) is 0 Å². The van der Waals surface area contributed by atoms with Crippen molar-refractivity contribution in [1.29, 1.82) is 0 Å². The minimum Gasteiger partial charge on any atom is -0.464 e. The predicted molar refractivity (Wildman–Crippen MR) is 131 cm³/mol. The average molecular weight is 510 g/mol. The van der Waals surface area contributed by atoms with E-state index in [-0.39, 0.29) is 24.2 Å². The maximum atomic E-state index is 13.0. The van der Waals surface area contributed by atoms with E-state index in [1.165, 1.54) is 23.5 Å². The lowest BCUT2D eigenvalue weighted by molar-refractivity contribution is -0.121. The van der Waals surface area contributed by atoms with Crippen molar-refractivity contribution < 1.29 is 22.7 Å². The summed E-state index contributed by atoms with van der Waals surface area (Å²) in [4.78, 5) is 20.4. The van der Waals surface area contributed by atoms with Crippen molar-refractivity contribution in [3.8, 4) is 5.19 Å². The molecule has 0 saturated heterocycles. The van der Waals surface area contributed by atoms with Gasteiger partial charge in [-0.05, 0) is 68.7 Å². The summed E-state index contributed by atoms with van der Waals surface area (Å²) in [6, 6.07) is 6.31. The summed E-state index contributed by atoms with van der Waals surface area (Å²) in [6.07, 6.45) is 7.38. The normalized spacial score (nSPS) is 21.3. The quantitative estimate of drug-likeness (QED) is 0.516. The molecule has 9 heteroatoms. The Morgan fingerprint density at radius 1 is 1.17 bits per heavy atom. The van der Waals surface area contributed by atoms with Crippen LogP contribution < -0.4 is 10.1 Å². The number of ether oxygens (including phenoxy) is 1. The summed E-state index contributed by atoms with van der Waals surface area (Å²) in [7, 11) is 0. The number of fused-ring (bicyclic) bond motifs is 1. The van der Waals surface area contributed by atoms with Crippen LogP contribution in [0, 0.1) is 11.7 Å². The first kappa shape index (κ1) is 25.9. The Morgan fingerprint density at radius 3 is 2.60 bits per heavy atom. The lowest BCUT2D eigenvalue weighted by atomic mass is 9.84. The third-order valence-electron chi connectivity index (χ3n) is 6.87. The molecule has 1 aromatic carbocycles. The van der Waals surface area contributed by atoms with Gasteiger partial charge in [-0.25, -0.2) is 18.2 Å². The Bertz CT molecular complexity index is 944. The van der Waals surface area contributed by atoms with Crippen LogP contribution in [0.1, 0.15) is 55.2 Å². The van der Waals surface area contributed by atoms with Crippen molar-refractivity contribution in [3.05, 3.63) is 46.2 Å². The third-order valence-corrected chi connectivity index (χ3v) is 7.94. The molecule has 1 aliphatic carbocycles. The van der Waals surface area contributed by atoms with E-state index in [9.17, 15) is 18.0 Å². The molecule has 1 amide bonds. The van der Waals surface area contributed by atoms with Gasteiger partial charge in [0.1, 0.15) is 5.82 Å². The van der Waals surface area contributed by atoms with Gasteiger partial charge in [0, 0.05) is 37.4 Å². The van der Waals surface area contributed by atoms with Crippen molar-refractivity contribution in [1.82, 2.24) is 15.2 Å². The van der Waals surface area contributed by atoms with E-state index in [0.29, 0.717) is 11.1 Å². The highest BCUT2D eigenvalue weighted by Gasteiger charge is 2.26. The molecule has 1 saturated carbocycles. The van der Waals surface area contributed by atoms with Crippen LogP contribution >= 0.6 is 11.3 Å². The zero-order valence-electron chi connectivity index (χ0n) is 20.2. The molecule has 5 nitrogen and oxygen atoms in total. The Kier molecular flexibility index (Phi) is 8.70. The molecule has 0 spiro atoms. The average Bonchev–Trinajstić information content (AvgIpc) is 3.11. The summed E-state index contributed by atoms with van der Waals surface area (Å²) in [5.41, 5.74) is 1.81. The number of hydrogen-bond acceptors (Lipinski definition) is 5. The van der Waals surface area contributed by atoms with Crippen LogP contribution in [-0.4, -0.2) is 54.0 Å². The molecule has 1 fully saturated rings. The molecule has 1 N–H and O–H groups in total. The molecule has 0 atom stereocenters. The molecule has 0 unspecified atom stereocenters. The highest BCUT2D eigenvalue weighted by Crippen LogP contribution is 2.30. The second-order valence-electron chi connectivity index (χ2n) is 9.93. The van der Waals surface area contributed by atoms with Gasteiger partial charge in [0.15, 0.2) is 6.61 Å².